The summed E-state index contributed by atoms with van der Waals surface area (Å²) in [7, 11) is 0. The van der Waals surface area contributed by atoms with Crippen LogP contribution in [0.15, 0.2) is 25.3 Å². The predicted octanol–water partition coefficient (Wildman–Crippen LogP) is 4.36. The van der Waals surface area contributed by atoms with E-state index in [0.29, 0.717) is 32.6 Å². The molecule has 1 N–H and O–H groups in total. The minimum atomic E-state index is -0.700. The molecular weight excluding hydrogens is 510 g/mol. The number of nitrogens with zero attached hydrogens (tertiary/aromatic N) is 3. The molecule has 0 radical (unpaired) electrons. The minimum Gasteiger partial charge on any atom is -0.394 e. The van der Waals surface area contributed by atoms with Crippen molar-refractivity contribution >= 4 is 29.5 Å². The van der Waals surface area contributed by atoms with Gasteiger partial charge in [0.15, 0.2) is 0 Å². The molecule has 3 saturated heterocycles. The molecule has 0 aromatic carbocycles. The Hall–Kier alpha value is -1.80. The Morgan fingerprint density at radius 1 is 1.10 bits per heavy atom. The smallest absolute Gasteiger partial charge is 0.247 e. The Morgan fingerprint density at radius 2 is 1.74 bits per heavy atom. The van der Waals surface area contributed by atoms with Crippen LogP contribution in [0.1, 0.15) is 73.1 Å². The van der Waals surface area contributed by atoms with E-state index in [9.17, 15) is 19.5 Å². The summed E-state index contributed by atoms with van der Waals surface area (Å²) in [5.41, 5.74) is 0. The first-order valence-corrected chi connectivity index (χ1v) is 15.9. The van der Waals surface area contributed by atoms with Crippen LogP contribution in [-0.4, -0.2) is 92.4 Å². The number of fused-ring (bicyclic) bond motifs is 1. The van der Waals surface area contributed by atoms with Gasteiger partial charge in [0.25, 0.3) is 0 Å². The molecule has 0 aromatic heterocycles. The highest BCUT2D eigenvalue weighted by molar-refractivity contribution is 8.02. The molecule has 7 atom stereocenters. The Morgan fingerprint density at radius 3 is 2.28 bits per heavy atom. The van der Waals surface area contributed by atoms with Gasteiger partial charge in [0.05, 0.1) is 29.2 Å². The largest absolute Gasteiger partial charge is 0.394 e. The van der Waals surface area contributed by atoms with Crippen molar-refractivity contribution in [2.45, 2.75) is 95.2 Å². The molecule has 220 valence electrons. The molecule has 3 amide bonds. The molecule has 0 aromatic rings. The van der Waals surface area contributed by atoms with Crippen LogP contribution in [0.3, 0.4) is 0 Å². The van der Waals surface area contributed by atoms with Gasteiger partial charge in [-0.15, -0.1) is 24.9 Å². The molecule has 39 heavy (non-hydrogen) atoms. The van der Waals surface area contributed by atoms with Gasteiger partial charge >= 0.3 is 0 Å². The molecule has 2 bridgehead atoms. The van der Waals surface area contributed by atoms with E-state index >= 15 is 0 Å². The lowest BCUT2D eigenvalue weighted by Crippen LogP contribution is -2.59. The van der Waals surface area contributed by atoms with Crippen molar-refractivity contribution in [2.24, 2.45) is 23.7 Å². The molecule has 3 aliphatic rings. The highest BCUT2D eigenvalue weighted by atomic mass is 32.2. The number of likely N-dealkylation sites (tertiary alicyclic amines) is 1. The maximum Gasteiger partial charge on any atom is 0.247 e. The van der Waals surface area contributed by atoms with E-state index in [1.165, 1.54) is 0 Å². The van der Waals surface area contributed by atoms with E-state index in [4.69, 9.17) is 0 Å². The Balaban J connectivity index is 2.11. The molecular formula is C31H51N3O4S. The minimum absolute atomic E-state index is 0.00438. The number of aliphatic hydroxyl groups excluding tert-OH is 1. The maximum absolute atomic E-state index is 14.6. The number of amides is 3. The van der Waals surface area contributed by atoms with Crippen LogP contribution in [0.2, 0.25) is 0 Å². The number of rotatable bonds is 16. The van der Waals surface area contributed by atoms with Gasteiger partial charge < -0.3 is 19.8 Å². The van der Waals surface area contributed by atoms with Crippen LogP contribution >= 0.6 is 11.8 Å². The summed E-state index contributed by atoms with van der Waals surface area (Å²) in [6, 6.07) is -1.16. The SMILES string of the molecule is C=CCN(CCCCC)C(=O)C1N([C@@H](CO)CC(C)C)C(=O)[C@@H]2[C@@H](C(=O)N(CC=C)CCC)[C@H]3CC(C)C12S3. The van der Waals surface area contributed by atoms with E-state index in [0.717, 1.165) is 32.1 Å². The van der Waals surface area contributed by atoms with Gasteiger partial charge in [-0.2, -0.15) is 0 Å². The predicted molar refractivity (Wildman–Crippen MR) is 159 cm³/mol. The van der Waals surface area contributed by atoms with E-state index < -0.39 is 28.7 Å². The molecule has 3 unspecified atom stereocenters. The molecule has 3 rings (SSSR count). The molecule has 0 aliphatic carbocycles. The number of hydrogen-bond donors (Lipinski definition) is 1. The number of unbranched alkanes of at least 4 members (excludes halogenated alkanes) is 2. The lowest BCUT2D eigenvalue weighted by Gasteiger charge is -2.42. The normalized spacial score (nSPS) is 30.0. The van der Waals surface area contributed by atoms with Crippen molar-refractivity contribution < 1.29 is 19.5 Å². The first-order chi connectivity index (χ1) is 18.6. The molecule has 1 spiro atoms. The standard InChI is InChI=1S/C31H51N3O4S/c1-8-12-13-17-33(16-11-4)30(38)27-31-22(7)19-24(39-31)25(28(36)32(14-9-2)15-10-3)26(31)29(37)34(27)23(20-35)18-21(5)6/h9,11,21-27,35H,2,4,8,10,12-20H2,1,3,5-7H3/t22?,23-,24-,25+,26+,27?,31?/m1/s1. The van der Waals surface area contributed by atoms with Crippen molar-refractivity contribution in [1.82, 2.24) is 14.7 Å². The average molecular weight is 562 g/mol. The highest BCUT2D eigenvalue weighted by Gasteiger charge is 2.77. The summed E-state index contributed by atoms with van der Waals surface area (Å²) in [6.45, 7) is 20.1. The van der Waals surface area contributed by atoms with Gasteiger partial charge in [0, 0.05) is 31.4 Å². The van der Waals surface area contributed by atoms with Crippen molar-refractivity contribution in [3.05, 3.63) is 25.3 Å². The summed E-state index contributed by atoms with van der Waals surface area (Å²) in [4.78, 5) is 48.6. The lowest BCUT2D eigenvalue weighted by molar-refractivity contribution is -0.147. The fraction of sp³-hybridized carbons (Fsp3) is 0.774. The zero-order valence-corrected chi connectivity index (χ0v) is 25.6. The van der Waals surface area contributed by atoms with Crippen LogP contribution in [0.5, 0.6) is 0 Å². The van der Waals surface area contributed by atoms with E-state index in [1.54, 1.807) is 28.8 Å². The Bertz CT molecular complexity index is 910. The first-order valence-electron chi connectivity index (χ1n) is 15.0. The van der Waals surface area contributed by atoms with Gasteiger partial charge in [-0.3, -0.25) is 14.4 Å². The van der Waals surface area contributed by atoms with Crippen molar-refractivity contribution in [3.8, 4) is 0 Å². The fourth-order valence-corrected chi connectivity index (χ4v) is 9.73. The Kier molecular flexibility index (Phi) is 11.2. The first kappa shape index (κ1) is 31.7. The van der Waals surface area contributed by atoms with Crippen LogP contribution in [0.4, 0.5) is 0 Å². The third kappa shape index (κ3) is 5.83. The van der Waals surface area contributed by atoms with E-state index in [2.05, 4.69) is 40.9 Å². The number of carbonyl (C=O) groups is 3. The van der Waals surface area contributed by atoms with Gasteiger partial charge in [-0.25, -0.2) is 0 Å². The summed E-state index contributed by atoms with van der Waals surface area (Å²) in [5, 5.41) is 10.5. The molecule has 3 fully saturated rings. The van der Waals surface area contributed by atoms with E-state index in [-0.39, 0.29) is 41.4 Å². The van der Waals surface area contributed by atoms with Crippen molar-refractivity contribution in [2.75, 3.05) is 32.8 Å². The second-order valence-corrected chi connectivity index (χ2v) is 13.7. The van der Waals surface area contributed by atoms with Gasteiger partial charge in [0.1, 0.15) is 6.04 Å². The summed E-state index contributed by atoms with van der Waals surface area (Å²) in [6.07, 6.45) is 8.70. The molecule has 3 heterocycles. The van der Waals surface area contributed by atoms with Gasteiger partial charge in [-0.1, -0.05) is 59.6 Å². The summed E-state index contributed by atoms with van der Waals surface area (Å²) >= 11 is 1.71. The average Bonchev–Trinajstić information content (AvgIpc) is 3.49. The second kappa shape index (κ2) is 13.7. The third-order valence-electron chi connectivity index (χ3n) is 8.90. The fourth-order valence-electron chi connectivity index (χ4n) is 7.34. The molecule has 7 nitrogen and oxygen atoms in total. The van der Waals surface area contributed by atoms with Gasteiger partial charge in [0.2, 0.25) is 17.7 Å². The highest BCUT2D eigenvalue weighted by Crippen LogP contribution is 2.69. The second-order valence-electron chi connectivity index (χ2n) is 12.1. The quantitative estimate of drug-likeness (QED) is 0.224. The van der Waals surface area contributed by atoms with Crippen molar-refractivity contribution in [1.29, 1.82) is 0 Å². The number of aliphatic hydroxyl groups is 1. The number of hydrogen-bond acceptors (Lipinski definition) is 5. The maximum atomic E-state index is 14.6. The zero-order valence-electron chi connectivity index (χ0n) is 24.8. The van der Waals surface area contributed by atoms with Crippen LogP contribution in [-0.2, 0) is 14.4 Å². The number of carbonyl (C=O) groups excluding carboxylic acids is 3. The summed E-state index contributed by atoms with van der Waals surface area (Å²) < 4.78 is -0.681. The zero-order chi connectivity index (χ0) is 28.9. The van der Waals surface area contributed by atoms with Crippen LogP contribution in [0.25, 0.3) is 0 Å². The molecule has 3 aliphatic heterocycles. The monoisotopic (exact) mass is 561 g/mol. The number of thioether (sulfide) groups is 1. The van der Waals surface area contributed by atoms with Crippen molar-refractivity contribution in [3.63, 3.8) is 0 Å². The van der Waals surface area contributed by atoms with E-state index in [1.807, 2.05) is 16.7 Å². The third-order valence-corrected chi connectivity index (χ3v) is 11.0. The summed E-state index contributed by atoms with van der Waals surface area (Å²) in [5.74, 6) is -0.873. The Labute approximate surface area is 240 Å². The molecule has 8 heteroatoms. The van der Waals surface area contributed by atoms with Gasteiger partial charge in [-0.05, 0) is 37.5 Å². The lowest BCUT2D eigenvalue weighted by atomic mass is 9.65. The van der Waals surface area contributed by atoms with Crippen LogP contribution < -0.4 is 0 Å². The topological polar surface area (TPSA) is 81.2 Å². The molecule has 0 saturated carbocycles. The van der Waals surface area contributed by atoms with Crippen LogP contribution in [0, 0.1) is 23.7 Å².